The molecule has 20 heavy (non-hydrogen) atoms. The van der Waals surface area contributed by atoms with Gasteiger partial charge in [-0.15, -0.1) is 0 Å². The van der Waals surface area contributed by atoms with Crippen LogP contribution in [0.15, 0.2) is 30.3 Å². The van der Waals surface area contributed by atoms with Crippen molar-refractivity contribution in [3.63, 3.8) is 0 Å². The summed E-state index contributed by atoms with van der Waals surface area (Å²) in [5, 5.41) is 19.9. The Morgan fingerprint density at radius 1 is 0.800 bits per heavy atom. The summed E-state index contributed by atoms with van der Waals surface area (Å²) in [4.78, 5) is 0. The second-order valence-corrected chi connectivity index (χ2v) is 5.00. The molecule has 0 aliphatic carbocycles. The van der Waals surface area contributed by atoms with Crippen LogP contribution in [0, 0.1) is 0 Å². The highest BCUT2D eigenvalue weighted by Gasteiger charge is 2.15. The van der Waals surface area contributed by atoms with Gasteiger partial charge in [-0.3, -0.25) is 0 Å². The van der Waals surface area contributed by atoms with Crippen LogP contribution in [0.4, 0.5) is 0 Å². The fourth-order valence-corrected chi connectivity index (χ4v) is 2.83. The fourth-order valence-electron chi connectivity index (χ4n) is 2.83. The van der Waals surface area contributed by atoms with Crippen molar-refractivity contribution in [2.45, 2.75) is 40.0 Å². The smallest absolute Gasteiger partial charge is 0.123 e. The topological polar surface area (TPSA) is 40.5 Å². The lowest BCUT2D eigenvalue weighted by molar-refractivity contribution is 0.462. The van der Waals surface area contributed by atoms with Crippen LogP contribution in [0.1, 0.15) is 37.5 Å². The average molecular weight is 270 g/mol. The number of phenolic OH excluding ortho intramolecular Hbond substituents is 2. The number of hydrogen-bond acceptors (Lipinski definition) is 2. The second kappa shape index (κ2) is 6.00. The molecule has 0 aromatic heterocycles. The first-order valence-electron chi connectivity index (χ1n) is 7.28. The molecule has 0 fully saturated rings. The van der Waals surface area contributed by atoms with Gasteiger partial charge in [0.1, 0.15) is 11.5 Å². The molecule has 0 aliphatic rings. The summed E-state index contributed by atoms with van der Waals surface area (Å²) < 4.78 is 0. The molecule has 2 aromatic rings. The minimum atomic E-state index is 0.184. The number of rotatable bonds is 4. The van der Waals surface area contributed by atoms with E-state index in [9.17, 15) is 10.2 Å². The van der Waals surface area contributed by atoms with E-state index in [1.165, 1.54) is 22.8 Å². The third-order valence-electron chi connectivity index (χ3n) is 3.86. The molecule has 0 bridgehead atoms. The Morgan fingerprint density at radius 2 is 1.45 bits per heavy atom. The van der Waals surface area contributed by atoms with Crippen molar-refractivity contribution in [2.24, 2.45) is 0 Å². The predicted octanol–water partition coefficient (Wildman–Crippen LogP) is 4.45. The van der Waals surface area contributed by atoms with E-state index in [-0.39, 0.29) is 11.5 Å². The summed E-state index contributed by atoms with van der Waals surface area (Å²) in [6, 6.07) is 9.04. The summed E-state index contributed by atoms with van der Waals surface area (Å²) in [5.41, 5.74) is 5.60. The Hall–Kier alpha value is -1.96. The molecule has 2 rings (SSSR count). The van der Waals surface area contributed by atoms with E-state index in [0.29, 0.717) is 0 Å². The Kier molecular flexibility index (Phi) is 4.33. The third kappa shape index (κ3) is 2.51. The zero-order valence-electron chi connectivity index (χ0n) is 12.4. The maximum Gasteiger partial charge on any atom is 0.123 e. The second-order valence-electron chi connectivity index (χ2n) is 5.00. The fraction of sp³-hybridized carbons (Fsp3) is 0.333. The highest BCUT2D eigenvalue weighted by Crippen LogP contribution is 2.38. The molecule has 0 saturated carbocycles. The first-order chi connectivity index (χ1) is 9.62. The molecule has 2 heteroatoms. The maximum atomic E-state index is 10.2. The van der Waals surface area contributed by atoms with Crippen LogP contribution in [0.2, 0.25) is 0 Å². The molecule has 0 spiro atoms. The van der Waals surface area contributed by atoms with Gasteiger partial charge in [-0.05, 0) is 59.7 Å². The van der Waals surface area contributed by atoms with Crippen molar-refractivity contribution in [2.75, 3.05) is 0 Å². The lowest BCUT2D eigenvalue weighted by atomic mass is 9.87. The van der Waals surface area contributed by atoms with Crippen LogP contribution >= 0.6 is 0 Å². The van der Waals surface area contributed by atoms with E-state index < -0.39 is 0 Å². The van der Waals surface area contributed by atoms with Gasteiger partial charge in [-0.25, -0.2) is 0 Å². The lowest BCUT2D eigenvalue weighted by Gasteiger charge is -2.18. The number of aromatic hydroxyl groups is 2. The van der Waals surface area contributed by atoms with Crippen LogP contribution in [0.25, 0.3) is 11.1 Å². The summed E-state index contributed by atoms with van der Waals surface area (Å²) in [7, 11) is 0. The van der Waals surface area contributed by atoms with Gasteiger partial charge in [0.05, 0.1) is 0 Å². The van der Waals surface area contributed by atoms with E-state index in [2.05, 4.69) is 32.9 Å². The molecule has 2 nitrogen and oxygen atoms in total. The quantitative estimate of drug-likeness (QED) is 0.806. The molecular formula is C18H22O2. The van der Waals surface area contributed by atoms with E-state index >= 15 is 0 Å². The summed E-state index contributed by atoms with van der Waals surface area (Å²) >= 11 is 0. The zero-order chi connectivity index (χ0) is 14.7. The largest absolute Gasteiger partial charge is 0.508 e. The number of hydrogen-bond donors (Lipinski definition) is 2. The molecule has 0 radical (unpaired) electrons. The zero-order valence-corrected chi connectivity index (χ0v) is 12.4. The van der Waals surface area contributed by atoms with Crippen molar-refractivity contribution in [3.05, 3.63) is 47.0 Å². The number of benzene rings is 2. The van der Waals surface area contributed by atoms with E-state index in [4.69, 9.17) is 0 Å². The minimum absolute atomic E-state index is 0.184. The van der Waals surface area contributed by atoms with E-state index in [1.54, 1.807) is 12.1 Å². The van der Waals surface area contributed by atoms with E-state index in [0.717, 1.165) is 30.4 Å². The van der Waals surface area contributed by atoms with Crippen LogP contribution in [-0.4, -0.2) is 10.2 Å². The van der Waals surface area contributed by atoms with Gasteiger partial charge < -0.3 is 10.2 Å². The molecule has 0 atom stereocenters. The molecular weight excluding hydrogens is 248 g/mol. The van der Waals surface area contributed by atoms with Crippen molar-refractivity contribution < 1.29 is 10.2 Å². The highest BCUT2D eigenvalue weighted by atomic mass is 16.3. The SMILES string of the molecule is CCc1ccc(CC)c(-c2cc(O)ccc2O)c1CC. The van der Waals surface area contributed by atoms with Gasteiger partial charge in [0.25, 0.3) is 0 Å². The van der Waals surface area contributed by atoms with Crippen molar-refractivity contribution >= 4 is 0 Å². The van der Waals surface area contributed by atoms with Gasteiger partial charge >= 0.3 is 0 Å². The molecule has 2 aromatic carbocycles. The van der Waals surface area contributed by atoms with Crippen LogP contribution < -0.4 is 0 Å². The number of aryl methyl sites for hydroxylation is 2. The van der Waals surface area contributed by atoms with E-state index in [1.807, 2.05) is 0 Å². The molecule has 0 heterocycles. The molecule has 0 unspecified atom stereocenters. The first kappa shape index (κ1) is 14.4. The molecule has 0 saturated heterocycles. The normalized spacial score (nSPS) is 10.8. The molecule has 0 amide bonds. The Morgan fingerprint density at radius 3 is 2.05 bits per heavy atom. The molecule has 106 valence electrons. The standard InChI is InChI=1S/C18H22O2/c1-4-12-7-8-13(5-2)18(15(12)6-3)16-11-14(19)9-10-17(16)20/h7-11,19-20H,4-6H2,1-3H3. The van der Waals surface area contributed by atoms with Gasteiger partial charge in [-0.1, -0.05) is 32.9 Å². The Labute approximate surface area is 120 Å². The van der Waals surface area contributed by atoms with Gasteiger partial charge in [-0.2, -0.15) is 0 Å². The van der Waals surface area contributed by atoms with Crippen molar-refractivity contribution in [3.8, 4) is 22.6 Å². The van der Waals surface area contributed by atoms with Crippen LogP contribution in [-0.2, 0) is 19.3 Å². The van der Waals surface area contributed by atoms with Crippen molar-refractivity contribution in [1.82, 2.24) is 0 Å². The van der Waals surface area contributed by atoms with Crippen molar-refractivity contribution in [1.29, 1.82) is 0 Å². The summed E-state index contributed by atoms with van der Waals surface area (Å²) in [6.45, 7) is 6.40. The predicted molar refractivity (Wildman–Crippen MR) is 83.3 cm³/mol. The summed E-state index contributed by atoms with van der Waals surface area (Å²) in [6.07, 6.45) is 2.79. The van der Waals surface area contributed by atoms with Crippen LogP contribution in [0.3, 0.4) is 0 Å². The maximum absolute atomic E-state index is 10.2. The lowest BCUT2D eigenvalue weighted by Crippen LogP contribution is -2.00. The minimum Gasteiger partial charge on any atom is -0.508 e. The van der Waals surface area contributed by atoms with Gasteiger partial charge in [0, 0.05) is 5.56 Å². The molecule has 2 N–H and O–H groups in total. The first-order valence-corrected chi connectivity index (χ1v) is 7.28. The highest BCUT2D eigenvalue weighted by molar-refractivity contribution is 5.78. The number of phenols is 2. The van der Waals surface area contributed by atoms with Crippen LogP contribution in [0.5, 0.6) is 11.5 Å². The summed E-state index contributed by atoms with van der Waals surface area (Å²) in [5.74, 6) is 0.407. The van der Waals surface area contributed by atoms with Gasteiger partial charge in [0.2, 0.25) is 0 Å². The monoisotopic (exact) mass is 270 g/mol. The Balaban J connectivity index is 2.79. The van der Waals surface area contributed by atoms with Gasteiger partial charge in [0.15, 0.2) is 0 Å². The average Bonchev–Trinajstić information content (AvgIpc) is 2.48. The Bertz CT molecular complexity index is 615. The molecule has 0 aliphatic heterocycles. The third-order valence-corrected chi connectivity index (χ3v) is 3.86.